The van der Waals surface area contributed by atoms with E-state index < -0.39 is 10.0 Å². The molecule has 2 heterocycles. The van der Waals surface area contributed by atoms with Crippen LogP contribution in [0.15, 0.2) is 17.6 Å². The number of imidazole rings is 1. The Morgan fingerprint density at radius 1 is 1.70 bits per heavy atom. The molecular formula is C4H5N3O2S. The highest BCUT2D eigenvalue weighted by molar-refractivity contribution is 7.89. The van der Waals surface area contributed by atoms with E-state index in [0.29, 0.717) is 6.67 Å². The second kappa shape index (κ2) is 1.58. The lowest BCUT2D eigenvalue weighted by Crippen LogP contribution is -2.15. The van der Waals surface area contributed by atoms with Gasteiger partial charge in [0.1, 0.15) is 0 Å². The minimum absolute atomic E-state index is 0.104. The Morgan fingerprint density at radius 2 is 2.50 bits per heavy atom. The number of sulfonamides is 1. The first-order valence-electron chi connectivity index (χ1n) is 2.71. The summed E-state index contributed by atoms with van der Waals surface area (Å²) >= 11 is 0. The Bertz CT molecular complexity index is 352. The third kappa shape index (κ3) is 0.598. The predicted octanol–water partition coefficient (Wildman–Crippen LogP) is -0.868. The van der Waals surface area contributed by atoms with Crippen molar-refractivity contribution >= 4 is 10.0 Å². The second-order valence-corrected chi connectivity index (χ2v) is 3.65. The number of nitrogens with zero attached hydrogens (tertiary/aromatic N) is 2. The average molecular weight is 159 g/mol. The number of hydrogen-bond donors (Lipinski definition) is 1. The summed E-state index contributed by atoms with van der Waals surface area (Å²) in [4.78, 5) is 3.66. The van der Waals surface area contributed by atoms with E-state index in [-0.39, 0.29) is 5.16 Å². The normalized spacial score (nSPS) is 20.8. The van der Waals surface area contributed by atoms with E-state index in [1.807, 2.05) is 0 Å². The van der Waals surface area contributed by atoms with Crippen molar-refractivity contribution in [1.29, 1.82) is 0 Å². The molecule has 0 saturated carbocycles. The first-order valence-corrected chi connectivity index (χ1v) is 4.19. The predicted molar refractivity (Wildman–Crippen MR) is 32.5 cm³/mol. The first-order chi connectivity index (χ1) is 4.70. The number of fused-ring (bicyclic) bond motifs is 1. The summed E-state index contributed by atoms with van der Waals surface area (Å²) in [5.74, 6) is 0. The molecule has 0 radical (unpaired) electrons. The molecular weight excluding hydrogens is 154 g/mol. The summed E-state index contributed by atoms with van der Waals surface area (Å²) in [6.07, 6.45) is 3.08. The maximum Gasteiger partial charge on any atom is 0.276 e. The van der Waals surface area contributed by atoms with Crippen molar-refractivity contribution in [3.8, 4) is 0 Å². The zero-order valence-corrected chi connectivity index (χ0v) is 5.80. The first kappa shape index (κ1) is 5.87. The third-order valence-electron chi connectivity index (χ3n) is 1.34. The highest BCUT2D eigenvalue weighted by Gasteiger charge is 2.25. The van der Waals surface area contributed by atoms with Crippen molar-refractivity contribution in [3.63, 3.8) is 0 Å². The molecule has 0 atom stereocenters. The van der Waals surface area contributed by atoms with E-state index in [9.17, 15) is 8.42 Å². The molecule has 1 N–H and O–H groups in total. The molecule has 0 aromatic carbocycles. The molecule has 6 heteroatoms. The van der Waals surface area contributed by atoms with E-state index in [1.54, 1.807) is 6.20 Å². The molecule has 10 heavy (non-hydrogen) atoms. The van der Waals surface area contributed by atoms with Crippen LogP contribution in [-0.2, 0) is 16.7 Å². The van der Waals surface area contributed by atoms with Crippen molar-refractivity contribution in [2.45, 2.75) is 11.8 Å². The van der Waals surface area contributed by atoms with Crippen molar-refractivity contribution in [2.24, 2.45) is 0 Å². The van der Waals surface area contributed by atoms with Gasteiger partial charge in [0, 0.05) is 12.4 Å². The van der Waals surface area contributed by atoms with Gasteiger partial charge in [-0.1, -0.05) is 0 Å². The Morgan fingerprint density at radius 3 is 3.20 bits per heavy atom. The molecule has 0 amide bonds. The molecule has 0 saturated heterocycles. The van der Waals surface area contributed by atoms with E-state index in [1.165, 1.54) is 10.8 Å². The van der Waals surface area contributed by atoms with E-state index in [0.717, 1.165) is 0 Å². The minimum Gasteiger partial charge on any atom is -0.306 e. The number of hydrogen-bond acceptors (Lipinski definition) is 3. The van der Waals surface area contributed by atoms with Crippen LogP contribution in [0.2, 0.25) is 0 Å². The SMILES string of the molecule is O=S1(=O)NCn2ccnc21. The Kier molecular flexibility index (Phi) is 0.930. The maximum absolute atomic E-state index is 10.9. The van der Waals surface area contributed by atoms with Gasteiger partial charge in [0.05, 0.1) is 6.67 Å². The Balaban J connectivity index is 2.76. The van der Waals surface area contributed by atoms with E-state index in [4.69, 9.17) is 0 Å². The summed E-state index contributed by atoms with van der Waals surface area (Å²) in [6, 6.07) is 0. The monoisotopic (exact) mass is 159 g/mol. The number of rotatable bonds is 0. The summed E-state index contributed by atoms with van der Waals surface area (Å²) < 4.78 is 25.7. The largest absolute Gasteiger partial charge is 0.306 e. The van der Waals surface area contributed by atoms with Gasteiger partial charge in [-0.05, 0) is 0 Å². The van der Waals surface area contributed by atoms with Gasteiger partial charge >= 0.3 is 0 Å². The molecule has 1 aromatic heterocycles. The molecule has 1 aromatic rings. The van der Waals surface area contributed by atoms with Crippen molar-refractivity contribution in [1.82, 2.24) is 14.3 Å². The second-order valence-electron chi connectivity index (χ2n) is 1.99. The minimum atomic E-state index is -3.26. The lowest BCUT2D eigenvalue weighted by Gasteiger charge is -1.85. The summed E-state index contributed by atoms with van der Waals surface area (Å²) in [6.45, 7) is 0.303. The van der Waals surface area contributed by atoms with Crippen LogP contribution in [0.3, 0.4) is 0 Å². The molecule has 1 aliphatic heterocycles. The fraction of sp³-hybridized carbons (Fsp3) is 0.250. The molecule has 0 spiro atoms. The topological polar surface area (TPSA) is 64.0 Å². The third-order valence-corrected chi connectivity index (χ3v) is 2.67. The van der Waals surface area contributed by atoms with Crippen LogP contribution in [0.25, 0.3) is 0 Å². The lowest BCUT2D eigenvalue weighted by molar-refractivity contribution is 0.587. The van der Waals surface area contributed by atoms with Crippen LogP contribution in [0, 0.1) is 0 Å². The smallest absolute Gasteiger partial charge is 0.276 e. The summed E-state index contributed by atoms with van der Waals surface area (Å²) in [5.41, 5.74) is 0. The quantitative estimate of drug-likeness (QED) is 0.535. The van der Waals surface area contributed by atoms with Crippen LogP contribution in [0.4, 0.5) is 0 Å². The highest BCUT2D eigenvalue weighted by atomic mass is 32.2. The molecule has 5 nitrogen and oxygen atoms in total. The van der Waals surface area contributed by atoms with Crippen molar-refractivity contribution in [2.75, 3.05) is 0 Å². The van der Waals surface area contributed by atoms with Crippen molar-refractivity contribution < 1.29 is 8.42 Å². The van der Waals surface area contributed by atoms with Gasteiger partial charge < -0.3 is 4.57 Å². The summed E-state index contributed by atoms with van der Waals surface area (Å²) in [7, 11) is -3.26. The molecule has 1 aliphatic rings. The lowest BCUT2D eigenvalue weighted by atomic mass is 10.9. The fourth-order valence-electron chi connectivity index (χ4n) is 0.879. The molecule has 0 aliphatic carbocycles. The highest BCUT2D eigenvalue weighted by Crippen LogP contribution is 2.10. The molecule has 0 unspecified atom stereocenters. The van der Waals surface area contributed by atoms with Crippen LogP contribution in [0.1, 0.15) is 0 Å². The maximum atomic E-state index is 10.9. The van der Waals surface area contributed by atoms with Crippen LogP contribution in [0.5, 0.6) is 0 Å². The van der Waals surface area contributed by atoms with Gasteiger partial charge in [0.2, 0.25) is 5.16 Å². The van der Waals surface area contributed by atoms with E-state index >= 15 is 0 Å². The summed E-state index contributed by atoms with van der Waals surface area (Å²) in [5, 5.41) is 0.104. The van der Waals surface area contributed by atoms with Crippen molar-refractivity contribution in [3.05, 3.63) is 12.4 Å². The molecule has 0 fully saturated rings. The average Bonchev–Trinajstić information content (AvgIpc) is 2.36. The fourth-order valence-corrected chi connectivity index (χ4v) is 1.95. The molecule has 0 bridgehead atoms. The Labute approximate surface area is 57.7 Å². The van der Waals surface area contributed by atoms with Gasteiger partial charge in [-0.25, -0.2) is 13.4 Å². The molecule has 54 valence electrons. The number of aromatic nitrogens is 2. The van der Waals surface area contributed by atoms with Gasteiger partial charge in [0.15, 0.2) is 0 Å². The van der Waals surface area contributed by atoms with Gasteiger partial charge in [0.25, 0.3) is 10.0 Å². The standard InChI is InChI=1S/C4H5N3O2S/c8-10(9)4-5-1-2-7(4)3-6-10/h1-2,6H,3H2. The van der Waals surface area contributed by atoms with Gasteiger partial charge in [-0.3, -0.25) is 0 Å². The van der Waals surface area contributed by atoms with Crippen LogP contribution in [-0.4, -0.2) is 18.0 Å². The van der Waals surface area contributed by atoms with Gasteiger partial charge in [-0.2, -0.15) is 4.72 Å². The zero-order chi connectivity index (χ0) is 7.19. The van der Waals surface area contributed by atoms with Crippen LogP contribution >= 0.6 is 0 Å². The van der Waals surface area contributed by atoms with E-state index in [2.05, 4.69) is 9.71 Å². The zero-order valence-electron chi connectivity index (χ0n) is 4.98. The molecule has 2 rings (SSSR count). The van der Waals surface area contributed by atoms with Gasteiger partial charge in [-0.15, -0.1) is 0 Å². The Hall–Kier alpha value is -0.880. The number of nitrogens with one attached hydrogen (secondary N) is 1. The van der Waals surface area contributed by atoms with Crippen LogP contribution < -0.4 is 4.72 Å².